The molecule has 0 aliphatic carbocycles. The molecule has 0 spiro atoms. The highest BCUT2D eigenvalue weighted by Crippen LogP contribution is 2.32. The van der Waals surface area contributed by atoms with Gasteiger partial charge in [-0.2, -0.15) is 0 Å². The van der Waals surface area contributed by atoms with Crippen LogP contribution in [0.25, 0.3) is 0 Å². The lowest BCUT2D eigenvalue weighted by Crippen LogP contribution is -2.44. The van der Waals surface area contributed by atoms with Gasteiger partial charge in [-0.3, -0.25) is 9.69 Å². The first-order valence-electron chi connectivity index (χ1n) is 6.81. The van der Waals surface area contributed by atoms with Crippen LogP contribution in [0.4, 0.5) is 0 Å². The van der Waals surface area contributed by atoms with E-state index in [2.05, 4.69) is 11.8 Å². The SMILES string of the molecule is CCCN(CC(=O)N(C)C)C(c1ccc(Cl)s1)C(C)N. The quantitative estimate of drug-likeness (QED) is 0.841. The Kier molecular flexibility index (Phi) is 6.95. The highest BCUT2D eigenvalue weighted by molar-refractivity contribution is 7.16. The second kappa shape index (κ2) is 7.98. The van der Waals surface area contributed by atoms with Gasteiger partial charge in [0, 0.05) is 25.0 Å². The van der Waals surface area contributed by atoms with Gasteiger partial charge in [0.2, 0.25) is 5.91 Å². The summed E-state index contributed by atoms with van der Waals surface area (Å²) < 4.78 is 0.751. The van der Waals surface area contributed by atoms with E-state index in [4.69, 9.17) is 17.3 Å². The van der Waals surface area contributed by atoms with Crippen molar-refractivity contribution in [3.8, 4) is 0 Å². The molecule has 0 fully saturated rings. The van der Waals surface area contributed by atoms with E-state index in [9.17, 15) is 4.79 Å². The summed E-state index contributed by atoms with van der Waals surface area (Å²) >= 11 is 7.56. The Hall–Kier alpha value is -0.620. The molecule has 0 bridgehead atoms. The van der Waals surface area contributed by atoms with Crippen LogP contribution in [0, 0.1) is 0 Å². The third-order valence-electron chi connectivity index (χ3n) is 3.12. The molecule has 6 heteroatoms. The van der Waals surface area contributed by atoms with Crippen molar-refractivity contribution < 1.29 is 4.79 Å². The van der Waals surface area contributed by atoms with Gasteiger partial charge in [0.15, 0.2) is 0 Å². The molecule has 1 aromatic rings. The number of carbonyl (C=O) groups is 1. The average molecular weight is 318 g/mol. The normalized spacial score (nSPS) is 14.3. The minimum atomic E-state index is -0.0637. The molecule has 114 valence electrons. The number of likely N-dealkylation sites (N-methyl/N-ethyl adjacent to an activating group) is 1. The Labute approximate surface area is 130 Å². The highest BCUT2D eigenvalue weighted by atomic mass is 35.5. The fraction of sp³-hybridized carbons (Fsp3) is 0.643. The summed E-state index contributed by atoms with van der Waals surface area (Å²) in [5, 5.41) is 0. The molecule has 20 heavy (non-hydrogen) atoms. The average Bonchev–Trinajstić information content (AvgIpc) is 2.75. The molecule has 0 saturated carbocycles. The number of amides is 1. The smallest absolute Gasteiger partial charge is 0.236 e. The van der Waals surface area contributed by atoms with Crippen molar-refractivity contribution in [2.75, 3.05) is 27.2 Å². The van der Waals surface area contributed by atoms with Crippen LogP contribution in [0.3, 0.4) is 0 Å². The molecule has 2 N–H and O–H groups in total. The predicted molar refractivity (Wildman–Crippen MR) is 86.3 cm³/mol. The molecular weight excluding hydrogens is 294 g/mol. The molecule has 2 atom stereocenters. The van der Waals surface area contributed by atoms with Gasteiger partial charge in [0.25, 0.3) is 0 Å². The minimum absolute atomic E-state index is 0.0244. The van der Waals surface area contributed by atoms with E-state index in [1.54, 1.807) is 19.0 Å². The van der Waals surface area contributed by atoms with Gasteiger partial charge in [0.05, 0.1) is 16.9 Å². The number of carbonyl (C=O) groups excluding carboxylic acids is 1. The van der Waals surface area contributed by atoms with Crippen molar-refractivity contribution in [2.45, 2.75) is 32.4 Å². The van der Waals surface area contributed by atoms with Gasteiger partial charge in [0.1, 0.15) is 0 Å². The largest absolute Gasteiger partial charge is 0.348 e. The lowest BCUT2D eigenvalue weighted by molar-refractivity contribution is -0.130. The van der Waals surface area contributed by atoms with E-state index in [1.165, 1.54) is 11.3 Å². The number of nitrogens with two attached hydrogens (primary N) is 1. The highest BCUT2D eigenvalue weighted by Gasteiger charge is 2.27. The topological polar surface area (TPSA) is 49.6 Å². The zero-order valence-corrected chi connectivity index (χ0v) is 14.2. The van der Waals surface area contributed by atoms with Crippen LogP contribution in [-0.2, 0) is 4.79 Å². The Morgan fingerprint density at radius 1 is 1.45 bits per heavy atom. The summed E-state index contributed by atoms with van der Waals surface area (Å²) in [6.07, 6.45) is 0.975. The third-order valence-corrected chi connectivity index (χ3v) is 4.43. The second-order valence-electron chi connectivity index (χ2n) is 5.20. The number of halogens is 1. The molecule has 0 saturated heterocycles. The van der Waals surface area contributed by atoms with E-state index >= 15 is 0 Å². The number of nitrogens with zero attached hydrogens (tertiary/aromatic N) is 2. The van der Waals surface area contributed by atoms with Gasteiger partial charge in [-0.15, -0.1) is 11.3 Å². The maximum Gasteiger partial charge on any atom is 0.236 e. The van der Waals surface area contributed by atoms with Crippen molar-refractivity contribution in [1.82, 2.24) is 9.80 Å². The van der Waals surface area contributed by atoms with E-state index in [-0.39, 0.29) is 18.0 Å². The van der Waals surface area contributed by atoms with Crippen molar-refractivity contribution in [1.29, 1.82) is 0 Å². The van der Waals surface area contributed by atoms with Crippen molar-refractivity contribution in [3.05, 3.63) is 21.3 Å². The molecule has 0 radical (unpaired) electrons. The fourth-order valence-corrected chi connectivity index (χ4v) is 3.49. The molecule has 1 amide bonds. The molecule has 0 aromatic carbocycles. The molecule has 2 unspecified atom stereocenters. The second-order valence-corrected chi connectivity index (χ2v) is 6.95. The zero-order chi connectivity index (χ0) is 15.3. The summed E-state index contributed by atoms with van der Waals surface area (Å²) in [7, 11) is 3.55. The third kappa shape index (κ3) is 4.74. The number of rotatable bonds is 7. The maximum atomic E-state index is 12.0. The Morgan fingerprint density at radius 3 is 2.50 bits per heavy atom. The zero-order valence-electron chi connectivity index (χ0n) is 12.6. The molecule has 1 heterocycles. The van der Waals surface area contributed by atoms with E-state index < -0.39 is 0 Å². The lowest BCUT2D eigenvalue weighted by atomic mass is 10.1. The molecule has 0 aliphatic heterocycles. The van der Waals surface area contributed by atoms with Gasteiger partial charge in [-0.25, -0.2) is 0 Å². The Balaban J connectivity index is 2.97. The van der Waals surface area contributed by atoms with Crippen LogP contribution in [0.5, 0.6) is 0 Å². The van der Waals surface area contributed by atoms with E-state index in [1.807, 2.05) is 19.1 Å². The van der Waals surface area contributed by atoms with E-state index in [0.29, 0.717) is 6.54 Å². The van der Waals surface area contributed by atoms with Crippen LogP contribution in [0.2, 0.25) is 4.34 Å². The molecule has 1 rings (SSSR count). The predicted octanol–water partition coefficient (Wildman–Crippen LogP) is 2.59. The monoisotopic (exact) mass is 317 g/mol. The van der Waals surface area contributed by atoms with E-state index in [0.717, 1.165) is 22.2 Å². The maximum absolute atomic E-state index is 12.0. The summed E-state index contributed by atoms with van der Waals surface area (Å²) in [5.74, 6) is 0.0896. The molecule has 1 aromatic heterocycles. The summed E-state index contributed by atoms with van der Waals surface area (Å²) in [6, 6.07) is 3.85. The van der Waals surface area contributed by atoms with Gasteiger partial charge >= 0.3 is 0 Å². The van der Waals surface area contributed by atoms with Gasteiger partial charge in [-0.05, 0) is 32.0 Å². The molecular formula is C14H24ClN3OS. The Morgan fingerprint density at radius 2 is 2.10 bits per heavy atom. The minimum Gasteiger partial charge on any atom is -0.348 e. The first-order chi connectivity index (χ1) is 9.36. The van der Waals surface area contributed by atoms with Crippen LogP contribution < -0.4 is 5.73 Å². The van der Waals surface area contributed by atoms with Crippen LogP contribution >= 0.6 is 22.9 Å². The first-order valence-corrected chi connectivity index (χ1v) is 8.01. The number of hydrogen-bond donors (Lipinski definition) is 1. The summed E-state index contributed by atoms with van der Waals surface area (Å²) in [5.41, 5.74) is 6.16. The number of thiophene rings is 1. The fourth-order valence-electron chi connectivity index (χ4n) is 2.18. The Bertz CT molecular complexity index is 434. The van der Waals surface area contributed by atoms with Crippen molar-refractivity contribution in [2.24, 2.45) is 5.73 Å². The molecule has 4 nitrogen and oxygen atoms in total. The standard InChI is InChI=1S/C14H24ClN3OS/c1-5-8-18(9-13(19)17(3)4)14(10(2)16)11-6-7-12(15)20-11/h6-7,10,14H,5,8-9,16H2,1-4H3. The van der Waals surface area contributed by atoms with Crippen LogP contribution in [-0.4, -0.2) is 48.9 Å². The lowest BCUT2D eigenvalue weighted by Gasteiger charge is -2.33. The molecule has 0 aliphatic rings. The van der Waals surface area contributed by atoms with Crippen molar-refractivity contribution in [3.63, 3.8) is 0 Å². The number of hydrogen-bond acceptors (Lipinski definition) is 4. The van der Waals surface area contributed by atoms with Crippen molar-refractivity contribution >= 4 is 28.8 Å². The van der Waals surface area contributed by atoms with Crippen LogP contribution in [0.1, 0.15) is 31.2 Å². The summed E-state index contributed by atoms with van der Waals surface area (Å²) in [4.78, 5) is 16.9. The van der Waals surface area contributed by atoms with Crippen LogP contribution in [0.15, 0.2) is 12.1 Å². The van der Waals surface area contributed by atoms with Gasteiger partial charge in [-0.1, -0.05) is 18.5 Å². The summed E-state index contributed by atoms with van der Waals surface area (Å²) in [6.45, 7) is 5.29. The first kappa shape index (κ1) is 17.4. The van der Waals surface area contributed by atoms with Gasteiger partial charge < -0.3 is 10.6 Å².